The fraction of sp³-hybridized carbons (Fsp3) is 0.0833. The highest BCUT2D eigenvalue weighted by Gasteiger charge is 2.13. The Morgan fingerprint density at radius 2 is 2.16 bits per heavy atom. The quantitative estimate of drug-likeness (QED) is 0.518. The van der Waals surface area contributed by atoms with Gasteiger partial charge in [-0.3, -0.25) is 10.4 Å². The molecule has 3 rings (SSSR count). The van der Waals surface area contributed by atoms with Gasteiger partial charge in [-0.25, -0.2) is 4.98 Å². The maximum atomic E-state index is 7.57. The van der Waals surface area contributed by atoms with Crippen LogP contribution in [0.4, 0.5) is 0 Å². The molecule has 0 fully saturated rings. The third-order valence-electron chi connectivity index (χ3n) is 2.61. The van der Waals surface area contributed by atoms with E-state index in [2.05, 4.69) is 20.1 Å². The molecule has 0 radical (unpaired) electrons. The molecule has 3 aromatic rings. The van der Waals surface area contributed by atoms with E-state index in [4.69, 9.17) is 11.1 Å². The van der Waals surface area contributed by atoms with Crippen LogP contribution in [0.15, 0.2) is 30.5 Å². The van der Waals surface area contributed by atoms with Gasteiger partial charge >= 0.3 is 0 Å². The van der Waals surface area contributed by atoms with Crippen LogP contribution in [-0.2, 0) is 0 Å². The van der Waals surface area contributed by atoms with Crippen LogP contribution in [0.2, 0.25) is 0 Å². The average Bonchev–Trinajstić information content (AvgIpc) is 2.82. The third-order valence-corrected chi connectivity index (χ3v) is 2.61. The molecule has 0 saturated carbocycles. The number of nitrogens with zero attached hydrogens (tertiary/aromatic N) is 5. The van der Waals surface area contributed by atoms with Gasteiger partial charge in [0.1, 0.15) is 17.2 Å². The van der Waals surface area contributed by atoms with Crippen molar-refractivity contribution in [3.63, 3.8) is 0 Å². The van der Waals surface area contributed by atoms with E-state index >= 15 is 0 Å². The standard InChI is InChI=1S/C12H11N7/c1-7-6-9(10(13)14)19-12(16-7)17-11(18-19)8-4-2-3-5-15-8/h2-6H,1H3,(H3,13,14). The molecule has 0 unspecified atom stereocenters. The third kappa shape index (κ3) is 1.90. The molecule has 0 bridgehead atoms. The number of nitrogens with two attached hydrogens (primary N) is 1. The minimum absolute atomic E-state index is 0.0760. The predicted molar refractivity (Wildman–Crippen MR) is 69.8 cm³/mol. The number of fused-ring (bicyclic) bond motifs is 1. The molecular formula is C12H11N7. The largest absolute Gasteiger partial charge is 0.382 e. The van der Waals surface area contributed by atoms with Crippen LogP contribution in [-0.4, -0.2) is 30.4 Å². The van der Waals surface area contributed by atoms with Gasteiger partial charge in [0, 0.05) is 11.9 Å². The molecule has 3 heterocycles. The number of amidine groups is 1. The van der Waals surface area contributed by atoms with Crippen LogP contribution in [0.5, 0.6) is 0 Å². The van der Waals surface area contributed by atoms with Crippen molar-refractivity contribution in [2.75, 3.05) is 0 Å². The molecule has 94 valence electrons. The number of nitrogen functional groups attached to an aromatic ring is 1. The number of pyridine rings is 1. The fourth-order valence-electron chi connectivity index (χ4n) is 1.78. The Labute approximate surface area is 108 Å². The van der Waals surface area contributed by atoms with Crippen LogP contribution < -0.4 is 5.73 Å². The number of rotatable bonds is 2. The molecule has 7 nitrogen and oxygen atoms in total. The number of aryl methyl sites for hydroxylation is 1. The molecule has 0 atom stereocenters. The first-order chi connectivity index (χ1) is 9.15. The summed E-state index contributed by atoms with van der Waals surface area (Å²) in [4.78, 5) is 12.8. The van der Waals surface area contributed by atoms with Gasteiger partial charge in [-0.05, 0) is 25.1 Å². The summed E-state index contributed by atoms with van der Waals surface area (Å²) in [5.74, 6) is 0.792. The molecule has 0 aliphatic carbocycles. The van der Waals surface area contributed by atoms with E-state index in [9.17, 15) is 0 Å². The van der Waals surface area contributed by atoms with Crippen molar-refractivity contribution in [2.45, 2.75) is 6.92 Å². The normalized spacial score (nSPS) is 10.8. The first-order valence-electron chi connectivity index (χ1n) is 5.65. The molecule has 0 amide bonds. The minimum atomic E-state index is -0.0760. The molecule has 0 spiro atoms. The Bertz CT molecular complexity index is 760. The lowest BCUT2D eigenvalue weighted by molar-refractivity contribution is 0.913. The summed E-state index contributed by atoms with van der Waals surface area (Å²) in [6, 6.07) is 7.20. The number of hydrogen-bond acceptors (Lipinski definition) is 5. The van der Waals surface area contributed by atoms with E-state index in [1.54, 1.807) is 12.3 Å². The Balaban J connectivity index is 2.26. The lowest BCUT2D eigenvalue weighted by Crippen LogP contribution is -2.17. The van der Waals surface area contributed by atoms with Crippen LogP contribution in [0.3, 0.4) is 0 Å². The molecule has 19 heavy (non-hydrogen) atoms. The van der Waals surface area contributed by atoms with Gasteiger partial charge in [0.25, 0.3) is 5.78 Å². The zero-order chi connectivity index (χ0) is 13.4. The summed E-state index contributed by atoms with van der Waals surface area (Å²) in [6.45, 7) is 1.82. The van der Waals surface area contributed by atoms with Crippen molar-refractivity contribution in [2.24, 2.45) is 5.73 Å². The summed E-state index contributed by atoms with van der Waals surface area (Å²) in [7, 11) is 0. The first-order valence-corrected chi connectivity index (χ1v) is 5.65. The molecule has 0 aromatic carbocycles. The van der Waals surface area contributed by atoms with Crippen molar-refractivity contribution in [3.05, 3.63) is 41.9 Å². The Hall–Kier alpha value is -2.83. The van der Waals surface area contributed by atoms with Crippen LogP contribution >= 0.6 is 0 Å². The molecule has 3 N–H and O–H groups in total. The van der Waals surface area contributed by atoms with Crippen molar-refractivity contribution in [1.29, 1.82) is 5.41 Å². The molecule has 0 aliphatic rings. The molecule has 3 aromatic heterocycles. The fourth-order valence-corrected chi connectivity index (χ4v) is 1.78. The van der Waals surface area contributed by atoms with Gasteiger partial charge in [0.2, 0.25) is 5.82 Å². The zero-order valence-corrected chi connectivity index (χ0v) is 10.2. The Morgan fingerprint density at radius 3 is 2.84 bits per heavy atom. The topological polar surface area (TPSA) is 106 Å². The summed E-state index contributed by atoms with van der Waals surface area (Å²) in [5, 5.41) is 11.9. The second kappa shape index (κ2) is 4.13. The van der Waals surface area contributed by atoms with E-state index in [1.165, 1.54) is 4.52 Å². The second-order valence-electron chi connectivity index (χ2n) is 4.06. The lowest BCUT2D eigenvalue weighted by atomic mass is 10.3. The van der Waals surface area contributed by atoms with E-state index in [0.29, 0.717) is 23.0 Å². The van der Waals surface area contributed by atoms with Crippen molar-refractivity contribution >= 4 is 11.6 Å². The predicted octanol–water partition coefficient (Wildman–Crippen LogP) is 0.779. The summed E-state index contributed by atoms with van der Waals surface area (Å²) < 4.78 is 1.46. The number of nitrogens with one attached hydrogen (secondary N) is 1. The SMILES string of the molecule is Cc1cc(C(=N)N)n2nc(-c3ccccn3)nc2n1. The average molecular weight is 253 g/mol. The van der Waals surface area contributed by atoms with Crippen molar-refractivity contribution < 1.29 is 0 Å². The number of hydrogen-bond donors (Lipinski definition) is 2. The molecule has 0 saturated heterocycles. The minimum Gasteiger partial charge on any atom is -0.382 e. The Kier molecular flexibility index (Phi) is 2.45. The second-order valence-corrected chi connectivity index (χ2v) is 4.06. The highest BCUT2D eigenvalue weighted by atomic mass is 15.3. The highest BCUT2D eigenvalue weighted by molar-refractivity contribution is 5.93. The van der Waals surface area contributed by atoms with Crippen LogP contribution in [0.1, 0.15) is 11.4 Å². The van der Waals surface area contributed by atoms with E-state index in [-0.39, 0.29) is 5.84 Å². The zero-order valence-electron chi connectivity index (χ0n) is 10.2. The maximum Gasteiger partial charge on any atom is 0.253 e. The van der Waals surface area contributed by atoms with E-state index in [1.807, 2.05) is 25.1 Å². The summed E-state index contributed by atoms with van der Waals surface area (Å²) in [5.41, 5.74) is 7.40. The first kappa shape index (κ1) is 11.3. The van der Waals surface area contributed by atoms with Crippen molar-refractivity contribution in [1.82, 2.24) is 24.6 Å². The van der Waals surface area contributed by atoms with E-state index in [0.717, 1.165) is 5.69 Å². The molecule has 7 heteroatoms. The highest BCUT2D eigenvalue weighted by Crippen LogP contribution is 2.13. The Morgan fingerprint density at radius 1 is 1.32 bits per heavy atom. The van der Waals surface area contributed by atoms with Gasteiger partial charge in [-0.2, -0.15) is 9.50 Å². The smallest absolute Gasteiger partial charge is 0.253 e. The lowest BCUT2D eigenvalue weighted by Gasteiger charge is -2.01. The van der Waals surface area contributed by atoms with Gasteiger partial charge < -0.3 is 5.73 Å². The van der Waals surface area contributed by atoms with Crippen LogP contribution in [0, 0.1) is 12.3 Å². The summed E-state index contributed by atoms with van der Waals surface area (Å²) >= 11 is 0. The monoisotopic (exact) mass is 253 g/mol. The molecule has 0 aliphatic heterocycles. The van der Waals surface area contributed by atoms with Gasteiger partial charge in [0.15, 0.2) is 0 Å². The maximum absolute atomic E-state index is 7.57. The van der Waals surface area contributed by atoms with E-state index < -0.39 is 0 Å². The summed E-state index contributed by atoms with van der Waals surface area (Å²) in [6.07, 6.45) is 1.67. The van der Waals surface area contributed by atoms with Crippen molar-refractivity contribution in [3.8, 4) is 11.5 Å². The van der Waals surface area contributed by atoms with Crippen LogP contribution in [0.25, 0.3) is 17.3 Å². The van der Waals surface area contributed by atoms with Gasteiger partial charge in [-0.1, -0.05) is 6.07 Å². The van der Waals surface area contributed by atoms with Gasteiger partial charge in [-0.15, -0.1) is 5.10 Å². The molecular weight excluding hydrogens is 242 g/mol. The van der Waals surface area contributed by atoms with Gasteiger partial charge in [0.05, 0.1) is 0 Å². The number of aromatic nitrogens is 5.